The summed E-state index contributed by atoms with van der Waals surface area (Å²) in [4.78, 5) is 37.9. The summed E-state index contributed by atoms with van der Waals surface area (Å²) < 4.78 is 16.8. The van der Waals surface area contributed by atoms with E-state index in [0.29, 0.717) is 19.3 Å². The second-order valence-corrected chi connectivity index (χ2v) is 17.1. The number of hydrogen-bond donors (Lipinski definition) is 0. The van der Waals surface area contributed by atoms with Crippen LogP contribution in [0.2, 0.25) is 0 Å². The third-order valence-electron chi connectivity index (χ3n) is 11.0. The van der Waals surface area contributed by atoms with E-state index in [9.17, 15) is 14.4 Å². The monoisotopic (exact) mass is 853 g/mol. The molecule has 0 aliphatic heterocycles. The summed E-state index contributed by atoms with van der Waals surface area (Å²) in [6.07, 6.45) is 60.5. The Bertz CT molecular complexity index is 1120. The molecule has 0 radical (unpaired) electrons. The predicted octanol–water partition coefficient (Wildman–Crippen LogP) is 16.9. The van der Waals surface area contributed by atoms with E-state index < -0.39 is 6.10 Å². The first-order valence-electron chi connectivity index (χ1n) is 25.8. The van der Waals surface area contributed by atoms with Crippen molar-refractivity contribution in [3.05, 3.63) is 60.8 Å². The van der Waals surface area contributed by atoms with Crippen molar-refractivity contribution in [2.24, 2.45) is 0 Å². The molecule has 0 saturated carbocycles. The van der Waals surface area contributed by atoms with Crippen LogP contribution in [0.3, 0.4) is 0 Å². The lowest BCUT2D eigenvalue weighted by Crippen LogP contribution is -2.30. The molecule has 0 rings (SSSR count). The van der Waals surface area contributed by atoms with E-state index in [1.54, 1.807) is 0 Å². The third kappa shape index (κ3) is 48.0. The molecule has 61 heavy (non-hydrogen) atoms. The standard InChI is InChI=1S/C55H96O6/c1-4-7-10-13-16-19-22-24-26-27-29-31-34-37-40-43-46-49-55(58)61-52(50-59-53(56)47-44-41-38-35-32-21-18-15-12-9-6-3)51-60-54(57)48-45-42-39-36-33-30-28-25-23-20-17-14-11-8-5-2/h7,10,16,19-20,23-24,26,29,31,52H,4-6,8-9,11-15,17-18,21-22,25,27-28,30,32-51H2,1-3H3/b10-7-,19-16-,23-20-,26-24-,31-29-/t52-/m0/s1. The molecule has 352 valence electrons. The lowest BCUT2D eigenvalue weighted by atomic mass is 10.1. The Morgan fingerprint density at radius 2 is 0.639 bits per heavy atom. The summed E-state index contributed by atoms with van der Waals surface area (Å²) in [6, 6.07) is 0. The van der Waals surface area contributed by atoms with Crippen LogP contribution < -0.4 is 0 Å². The molecule has 0 N–H and O–H groups in total. The van der Waals surface area contributed by atoms with Gasteiger partial charge in [-0.15, -0.1) is 0 Å². The zero-order valence-electron chi connectivity index (χ0n) is 40.2. The Hall–Kier alpha value is -2.89. The first kappa shape index (κ1) is 58.1. The molecule has 0 spiro atoms. The lowest BCUT2D eigenvalue weighted by Gasteiger charge is -2.18. The number of esters is 3. The van der Waals surface area contributed by atoms with Crippen molar-refractivity contribution in [1.82, 2.24) is 0 Å². The van der Waals surface area contributed by atoms with Gasteiger partial charge in [-0.05, 0) is 83.5 Å². The van der Waals surface area contributed by atoms with Crippen LogP contribution in [-0.4, -0.2) is 37.2 Å². The third-order valence-corrected chi connectivity index (χ3v) is 11.0. The van der Waals surface area contributed by atoms with Crippen LogP contribution in [0.15, 0.2) is 60.8 Å². The van der Waals surface area contributed by atoms with Crippen LogP contribution >= 0.6 is 0 Å². The van der Waals surface area contributed by atoms with Gasteiger partial charge in [0.25, 0.3) is 0 Å². The maximum Gasteiger partial charge on any atom is 0.306 e. The zero-order chi connectivity index (χ0) is 44.4. The second kappa shape index (κ2) is 49.8. The largest absolute Gasteiger partial charge is 0.462 e. The molecular weight excluding hydrogens is 757 g/mol. The van der Waals surface area contributed by atoms with Crippen molar-refractivity contribution < 1.29 is 28.6 Å². The van der Waals surface area contributed by atoms with Gasteiger partial charge < -0.3 is 14.2 Å². The van der Waals surface area contributed by atoms with Crippen LogP contribution in [0.25, 0.3) is 0 Å². The number of rotatable bonds is 46. The van der Waals surface area contributed by atoms with Crippen molar-refractivity contribution in [3.8, 4) is 0 Å². The number of ether oxygens (including phenoxy) is 3. The number of unbranched alkanes of at least 4 members (excludes halogenated alkanes) is 25. The van der Waals surface area contributed by atoms with Gasteiger partial charge in [0.15, 0.2) is 6.10 Å². The van der Waals surface area contributed by atoms with Crippen LogP contribution in [-0.2, 0) is 28.6 Å². The zero-order valence-corrected chi connectivity index (χ0v) is 40.2. The smallest absolute Gasteiger partial charge is 0.306 e. The highest BCUT2D eigenvalue weighted by atomic mass is 16.6. The molecule has 0 aliphatic rings. The average molecular weight is 853 g/mol. The van der Waals surface area contributed by atoms with Gasteiger partial charge in [0, 0.05) is 19.3 Å². The molecular formula is C55H96O6. The highest BCUT2D eigenvalue weighted by molar-refractivity contribution is 5.71. The molecule has 6 nitrogen and oxygen atoms in total. The normalized spacial score (nSPS) is 12.5. The van der Waals surface area contributed by atoms with Gasteiger partial charge in [-0.3, -0.25) is 14.4 Å². The SMILES string of the molecule is CC/C=C\C/C=C\C/C=C\C/C=C\CCCCCCC(=O)O[C@H](COC(=O)CCCCCCCCC/C=C\CCCCCC)COC(=O)CCCCCCCCCCCCC. The van der Waals surface area contributed by atoms with Crippen molar-refractivity contribution in [2.45, 2.75) is 258 Å². The quantitative estimate of drug-likeness (QED) is 0.0263. The molecule has 0 fully saturated rings. The van der Waals surface area contributed by atoms with Crippen LogP contribution in [0.1, 0.15) is 252 Å². The molecule has 0 aromatic heterocycles. The van der Waals surface area contributed by atoms with Crippen molar-refractivity contribution >= 4 is 17.9 Å². The Morgan fingerprint density at radius 3 is 1.03 bits per heavy atom. The first-order valence-corrected chi connectivity index (χ1v) is 25.8. The van der Waals surface area contributed by atoms with Crippen molar-refractivity contribution in [1.29, 1.82) is 0 Å². The van der Waals surface area contributed by atoms with Crippen LogP contribution in [0, 0.1) is 0 Å². The molecule has 0 aromatic carbocycles. The van der Waals surface area contributed by atoms with E-state index >= 15 is 0 Å². The topological polar surface area (TPSA) is 78.9 Å². The highest BCUT2D eigenvalue weighted by Crippen LogP contribution is 2.15. The van der Waals surface area contributed by atoms with Gasteiger partial charge in [-0.2, -0.15) is 0 Å². The van der Waals surface area contributed by atoms with Crippen LogP contribution in [0.4, 0.5) is 0 Å². The summed E-state index contributed by atoms with van der Waals surface area (Å²) >= 11 is 0. The first-order chi connectivity index (χ1) is 30.0. The van der Waals surface area contributed by atoms with Gasteiger partial charge >= 0.3 is 17.9 Å². The molecule has 0 aliphatic carbocycles. The highest BCUT2D eigenvalue weighted by Gasteiger charge is 2.19. The summed E-state index contributed by atoms with van der Waals surface area (Å²) in [7, 11) is 0. The fourth-order valence-electron chi connectivity index (χ4n) is 7.13. The van der Waals surface area contributed by atoms with Gasteiger partial charge in [0.2, 0.25) is 0 Å². The van der Waals surface area contributed by atoms with E-state index in [-0.39, 0.29) is 31.1 Å². The Kier molecular flexibility index (Phi) is 47.4. The second-order valence-electron chi connectivity index (χ2n) is 17.1. The number of hydrogen-bond acceptors (Lipinski definition) is 6. The number of carbonyl (C=O) groups excluding carboxylic acids is 3. The molecule has 0 amide bonds. The molecule has 0 saturated heterocycles. The Labute approximate surface area is 377 Å². The average Bonchev–Trinajstić information content (AvgIpc) is 3.26. The van der Waals surface area contributed by atoms with E-state index in [4.69, 9.17) is 14.2 Å². The Morgan fingerprint density at radius 1 is 0.344 bits per heavy atom. The minimum Gasteiger partial charge on any atom is -0.462 e. The Balaban J connectivity index is 4.41. The fraction of sp³-hybridized carbons (Fsp3) is 0.764. The van der Waals surface area contributed by atoms with Gasteiger partial charge in [0.05, 0.1) is 0 Å². The summed E-state index contributed by atoms with van der Waals surface area (Å²) in [5, 5.41) is 0. The molecule has 0 heterocycles. The van der Waals surface area contributed by atoms with E-state index in [2.05, 4.69) is 81.5 Å². The van der Waals surface area contributed by atoms with Crippen molar-refractivity contribution in [3.63, 3.8) is 0 Å². The van der Waals surface area contributed by atoms with Gasteiger partial charge in [0.1, 0.15) is 13.2 Å². The number of allylic oxidation sites excluding steroid dienone is 10. The summed E-state index contributed by atoms with van der Waals surface area (Å²) in [5.41, 5.74) is 0. The van der Waals surface area contributed by atoms with Crippen LogP contribution in [0.5, 0.6) is 0 Å². The molecule has 0 bridgehead atoms. The maximum absolute atomic E-state index is 12.8. The molecule has 1 atom stereocenters. The maximum atomic E-state index is 12.8. The lowest BCUT2D eigenvalue weighted by molar-refractivity contribution is -0.167. The van der Waals surface area contributed by atoms with Crippen molar-refractivity contribution in [2.75, 3.05) is 13.2 Å². The van der Waals surface area contributed by atoms with Gasteiger partial charge in [-0.1, -0.05) is 210 Å². The molecule has 6 heteroatoms. The number of carbonyl (C=O) groups is 3. The molecule has 0 unspecified atom stereocenters. The van der Waals surface area contributed by atoms with E-state index in [1.807, 2.05) is 0 Å². The van der Waals surface area contributed by atoms with Gasteiger partial charge in [-0.25, -0.2) is 0 Å². The minimum absolute atomic E-state index is 0.0838. The summed E-state index contributed by atoms with van der Waals surface area (Å²) in [6.45, 7) is 6.49. The van der Waals surface area contributed by atoms with E-state index in [0.717, 1.165) is 96.3 Å². The summed E-state index contributed by atoms with van der Waals surface area (Å²) in [5.74, 6) is -0.909. The van der Waals surface area contributed by atoms with E-state index in [1.165, 1.54) is 116 Å². The molecule has 0 aromatic rings. The fourth-order valence-corrected chi connectivity index (χ4v) is 7.13. The minimum atomic E-state index is -0.785. The predicted molar refractivity (Wildman–Crippen MR) is 261 cm³/mol.